The number of carbonyl (C=O) groups is 1. The lowest BCUT2D eigenvalue weighted by Crippen LogP contribution is -2.31. The molecule has 1 aromatic heterocycles. The zero-order chi connectivity index (χ0) is 17.8. The molecule has 132 valence electrons. The summed E-state index contributed by atoms with van der Waals surface area (Å²) in [4.78, 5) is 16.2. The SMILES string of the molecule is CCCCC(CC)CN1C(=O)/C(=C\c2ccc(Br)s2)c2ccccc21. The summed E-state index contributed by atoms with van der Waals surface area (Å²) < 4.78 is 1.08. The van der Waals surface area contributed by atoms with Crippen LogP contribution in [0.3, 0.4) is 0 Å². The summed E-state index contributed by atoms with van der Waals surface area (Å²) in [7, 11) is 0. The molecule has 0 fully saturated rings. The molecule has 2 nitrogen and oxygen atoms in total. The van der Waals surface area contributed by atoms with Gasteiger partial charge in [0.15, 0.2) is 0 Å². The number of unbranched alkanes of at least 4 members (excludes halogenated alkanes) is 1. The van der Waals surface area contributed by atoms with Crippen LogP contribution in [-0.2, 0) is 4.79 Å². The fraction of sp³-hybridized carbons (Fsp3) is 0.381. The summed E-state index contributed by atoms with van der Waals surface area (Å²) in [5.41, 5.74) is 2.93. The van der Waals surface area contributed by atoms with Gasteiger partial charge in [0, 0.05) is 17.0 Å². The third-order valence-electron chi connectivity index (χ3n) is 4.83. The molecule has 1 unspecified atom stereocenters. The zero-order valence-electron chi connectivity index (χ0n) is 14.8. The van der Waals surface area contributed by atoms with Gasteiger partial charge in [-0.25, -0.2) is 0 Å². The van der Waals surface area contributed by atoms with Crippen molar-refractivity contribution in [2.45, 2.75) is 39.5 Å². The van der Waals surface area contributed by atoms with Crippen LogP contribution in [0, 0.1) is 5.92 Å². The Morgan fingerprint density at radius 2 is 2.00 bits per heavy atom. The summed E-state index contributed by atoms with van der Waals surface area (Å²) in [6, 6.07) is 12.3. The first-order valence-electron chi connectivity index (χ1n) is 9.02. The topological polar surface area (TPSA) is 20.3 Å². The maximum atomic E-state index is 13.1. The van der Waals surface area contributed by atoms with Gasteiger partial charge in [-0.15, -0.1) is 11.3 Å². The molecule has 0 radical (unpaired) electrons. The summed E-state index contributed by atoms with van der Waals surface area (Å²) in [6.07, 6.45) is 6.77. The lowest BCUT2D eigenvalue weighted by Gasteiger charge is -2.23. The molecule has 2 heterocycles. The molecule has 1 amide bonds. The Hall–Kier alpha value is -1.39. The highest BCUT2D eigenvalue weighted by molar-refractivity contribution is 9.11. The van der Waals surface area contributed by atoms with Crippen LogP contribution in [0.2, 0.25) is 0 Å². The Morgan fingerprint density at radius 1 is 1.20 bits per heavy atom. The molecule has 0 saturated carbocycles. The minimum atomic E-state index is 0.140. The first kappa shape index (κ1) is 18.4. The van der Waals surface area contributed by atoms with Crippen molar-refractivity contribution in [3.8, 4) is 0 Å². The number of para-hydroxylation sites is 1. The number of amides is 1. The fourth-order valence-corrected chi connectivity index (χ4v) is 4.72. The second-order valence-corrected chi connectivity index (χ2v) is 9.04. The van der Waals surface area contributed by atoms with Crippen LogP contribution in [-0.4, -0.2) is 12.5 Å². The Labute approximate surface area is 162 Å². The minimum absolute atomic E-state index is 0.140. The normalized spacial score (nSPS) is 16.5. The maximum absolute atomic E-state index is 13.1. The van der Waals surface area contributed by atoms with E-state index in [-0.39, 0.29) is 5.91 Å². The Bertz CT molecular complexity index is 780. The Morgan fingerprint density at radius 3 is 2.68 bits per heavy atom. The second-order valence-electron chi connectivity index (χ2n) is 6.55. The van der Waals surface area contributed by atoms with Gasteiger partial charge in [0.25, 0.3) is 5.91 Å². The van der Waals surface area contributed by atoms with Crippen molar-refractivity contribution < 1.29 is 4.79 Å². The largest absolute Gasteiger partial charge is 0.307 e. The van der Waals surface area contributed by atoms with E-state index in [4.69, 9.17) is 0 Å². The highest BCUT2D eigenvalue weighted by Gasteiger charge is 2.33. The van der Waals surface area contributed by atoms with Crippen LogP contribution in [0.5, 0.6) is 0 Å². The molecule has 0 bridgehead atoms. The molecule has 1 aliphatic heterocycles. The minimum Gasteiger partial charge on any atom is -0.307 e. The van der Waals surface area contributed by atoms with Crippen molar-refractivity contribution in [3.63, 3.8) is 0 Å². The van der Waals surface area contributed by atoms with E-state index in [1.165, 1.54) is 19.3 Å². The van der Waals surface area contributed by atoms with E-state index in [0.717, 1.165) is 38.5 Å². The number of halogens is 1. The van der Waals surface area contributed by atoms with Gasteiger partial charge in [0.05, 0.1) is 15.0 Å². The van der Waals surface area contributed by atoms with Crippen LogP contribution in [0.15, 0.2) is 40.2 Å². The molecule has 0 saturated heterocycles. The number of fused-ring (bicyclic) bond motifs is 1. The van der Waals surface area contributed by atoms with Gasteiger partial charge in [0.1, 0.15) is 0 Å². The van der Waals surface area contributed by atoms with Gasteiger partial charge in [-0.3, -0.25) is 4.79 Å². The van der Waals surface area contributed by atoms with Crippen molar-refractivity contribution in [1.82, 2.24) is 0 Å². The predicted octanol–water partition coefficient (Wildman–Crippen LogP) is 6.61. The Kier molecular flexibility index (Phi) is 6.13. The van der Waals surface area contributed by atoms with E-state index < -0.39 is 0 Å². The highest BCUT2D eigenvalue weighted by atomic mass is 79.9. The predicted molar refractivity (Wildman–Crippen MR) is 112 cm³/mol. The van der Waals surface area contributed by atoms with Gasteiger partial charge in [-0.1, -0.05) is 51.3 Å². The third-order valence-corrected chi connectivity index (χ3v) is 6.40. The van der Waals surface area contributed by atoms with Gasteiger partial charge in [-0.05, 0) is 52.5 Å². The van der Waals surface area contributed by atoms with Crippen molar-refractivity contribution >= 4 is 50.5 Å². The molecule has 0 N–H and O–H groups in total. The van der Waals surface area contributed by atoms with Crippen molar-refractivity contribution in [3.05, 3.63) is 50.6 Å². The van der Waals surface area contributed by atoms with Crippen LogP contribution < -0.4 is 4.90 Å². The van der Waals surface area contributed by atoms with Crippen molar-refractivity contribution in [2.24, 2.45) is 5.92 Å². The number of hydrogen-bond donors (Lipinski definition) is 0. The van der Waals surface area contributed by atoms with Crippen molar-refractivity contribution in [1.29, 1.82) is 0 Å². The quantitative estimate of drug-likeness (QED) is 0.463. The van der Waals surface area contributed by atoms with E-state index in [1.54, 1.807) is 11.3 Å². The summed E-state index contributed by atoms with van der Waals surface area (Å²) >= 11 is 5.15. The summed E-state index contributed by atoms with van der Waals surface area (Å²) in [5.74, 6) is 0.702. The van der Waals surface area contributed by atoms with Gasteiger partial charge in [0.2, 0.25) is 0 Å². The molecule has 0 aliphatic carbocycles. The van der Waals surface area contributed by atoms with Gasteiger partial charge < -0.3 is 4.90 Å². The molecule has 1 atom stereocenters. The number of thiophene rings is 1. The molecular weight excluding hydrogens is 394 g/mol. The molecule has 3 rings (SSSR count). The van der Waals surface area contributed by atoms with Crippen LogP contribution in [0.4, 0.5) is 5.69 Å². The second kappa shape index (κ2) is 8.33. The molecule has 1 aliphatic rings. The zero-order valence-corrected chi connectivity index (χ0v) is 17.2. The lowest BCUT2D eigenvalue weighted by molar-refractivity contribution is -0.113. The molecule has 0 spiro atoms. The molecular formula is C21H24BrNOS. The monoisotopic (exact) mass is 417 g/mol. The highest BCUT2D eigenvalue weighted by Crippen LogP contribution is 2.39. The Balaban J connectivity index is 1.91. The average Bonchev–Trinajstić information content (AvgIpc) is 3.15. The number of carbonyl (C=O) groups excluding carboxylic acids is 1. The van der Waals surface area contributed by atoms with E-state index in [2.05, 4.69) is 48.0 Å². The standard InChI is InChI=1S/C21H24BrNOS/c1-3-5-8-15(4-2)14-23-19-10-7-6-9-17(19)18(21(23)24)13-16-11-12-20(22)25-16/h6-7,9-13,15H,3-5,8,14H2,1-2H3/b18-13-. The van der Waals surface area contributed by atoms with Gasteiger partial charge >= 0.3 is 0 Å². The first-order valence-corrected chi connectivity index (χ1v) is 10.6. The summed E-state index contributed by atoms with van der Waals surface area (Å²) in [6.45, 7) is 5.27. The fourth-order valence-electron chi connectivity index (χ4n) is 3.35. The van der Waals surface area contributed by atoms with Crippen molar-refractivity contribution in [2.75, 3.05) is 11.4 Å². The average molecular weight is 418 g/mol. The van der Waals surface area contributed by atoms with Crippen LogP contribution in [0.1, 0.15) is 50.0 Å². The molecule has 2 aromatic rings. The first-order chi connectivity index (χ1) is 12.1. The van der Waals surface area contributed by atoms with Crippen LogP contribution in [0.25, 0.3) is 11.6 Å². The lowest BCUT2D eigenvalue weighted by atomic mass is 9.98. The maximum Gasteiger partial charge on any atom is 0.259 e. The molecule has 4 heteroatoms. The number of anilines is 1. The molecule has 1 aromatic carbocycles. The smallest absolute Gasteiger partial charge is 0.259 e. The number of nitrogens with zero attached hydrogens (tertiary/aromatic N) is 1. The number of rotatable bonds is 7. The van der Waals surface area contributed by atoms with E-state index in [1.807, 2.05) is 29.2 Å². The van der Waals surface area contributed by atoms with E-state index in [0.29, 0.717) is 5.92 Å². The summed E-state index contributed by atoms with van der Waals surface area (Å²) in [5, 5.41) is 0. The van der Waals surface area contributed by atoms with Crippen LogP contribution >= 0.6 is 27.3 Å². The van der Waals surface area contributed by atoms with Gasteiger partial charge in [-0.2, -0.15) is 0 Å². The number of hydrogen-bond acceptors (Lipinski definition) is 2. The third kappa shape index (κ3) is 4.06. The van der Waals surface area contributed by atoms with E-state index in [9.17, 15) is 4.79 Å². The number of benzene rings is 1. The molecule has 25 heavy (non-hydrogen) atoms. The van der Waals surface area contributed by atoms with E-state index >= 15 is 0 Å².